The van der Waals surface area contributed by atoms with Crippen LogP contribution in [0.15, 0.2) is 0 Å². The molecule has 1 N–H and O–H groups in total. The van der Waals surface area contributed by atoms with Gasteiger partial charge in [-0.05, 0) is 44.9 Å². The molecule has 1 aromatic rings. The van der Waals surface area contributed by atoms with Gasteiger partial charge < -0.3 is 5.32 Å². The van der Waals surface area contributed by atoms with Crippen LogP contribution >= 0.6 is 11.8 Å². The smallest absolute Gasteiger partial charge is 0.141 e. The Hall–Kier alpha value is -0.610. The van der Waals surface area contributed by atoms with Crippen LogP contribution in [0.1, 0.15) is 54.7 Å². The number of hydrogen-bond acceptors (Lipinski definition) is 4. The predicted molar refractivity (Wildman–Crippen MR) is 82.5 cm³/mol. The second kappa shape index (κ2) is 6.71. The van der Waals surface area contributed by atoms with Gasteiger partial charge in [0.25, 0.3) is 0 Å². The molecule has 4 heteroatoms. The molecule has 0 radical (unpaired) electrons. The standard InChI is InChI=1S/C15H25N3S/c1-10(2)8-16-9-13-11(3)17-15(18-12(13)4)14-6-5-7-19-14/h10,14,16H,5-9H2,1-4H3. The largest absolute Gasteiger partial charge is 0.312 e. The van der Waals surface area contributed by atoms with Crippen LogP contribution in [-0.2, 0) is 6.54 Å². The summed E-state index contributed by atoms with van der Waals surface area (Å²) in [5.74, 6) is 2.98. The molecule has 0 bridgehead atoms. The van der Waals surface area contributed by atoms with Gasteiger partial charge in [0.1, 0.15) is 5.82 Å². The van der Waals surface area contributed by atoms with Crippen LogP contribution in [0.5, 0.6) is 0 Å². The summed E-state index contributed by atoms with van der Waals surface area (Å²) in [6, 6.07) is 0. The number of nitrogens with zero attached hydrogens (tertiary/aromatic N) is 2. The van der Waals surface area contributed by atoms with Crippen LogP contribution < -0.4 is 5.32 Å². The summed E-state index contributed by atoms with van der Waals surface area (Å²) >= 11 is 2.00. The fraction of sp³-hybridized carbons (Fsp3) is 0.733. The molecule has 1 unspecified atom stereocenters. The number of aromatic nitrogens is 2. The molecule has 1 atom stereocenters. The topological polar surface area (TPSA) is 37.8 Å². The summed E-state index contributed by atoms with van der Waals surface area (Å²) in [6.07, 6.45) is 2.53. The van der Waals surface area contributed by atoms with E-state index >= 15 is 0 Å². The van der Waals surface area contributed by atoms with Crippen molar-refractivity contribution in [3.05, 3.63) is 22.8 Å². The highest BCUT2D eigenvalue weighted by atomic mass is 32.2. The van der Waals surface area contributed by atoms with Gasteiger partial charge in [-0.2, -0.15) is 11.8 Å². The third kappa shape index (κ3) is 3.93. The molecule has 1 saturated heterocycles. The van der Waals surface area contributed by atoms with Gasteiger partial charge in [-0.3, -0.25) is 0 Å². The predicted octanol–water partition coefficient (Wildman–Crippen LogP) is 3.41. The highest BCUT2D eigenvalue weighted by molar-refractivity contribution is 7.99. The van der Waals surface area contributed by atoms with E-state index in [4.69, 9.17) is 9.97 Å². The van der Waals surface area contributed by atoms with Crippen LogP contribution in [0.25, 0.3) is 0 Å². The number of nitrogens with one attached hydrogen (secondary N) is 1. The van der Waals surface area contributed by atoms with Crippen molar-refractivity contribution in [1.82, 2.24) is 15.3 Å². The van der Waals surface area contributed by atoms with Crippen molar-refractivity contribution < 1.29 is 0 Å². The van der Waals surface area contributed by atoms with Crippen molar-refractivity contribution >= 4 is 11.8 Å². The fourth-order valence-electron chi connectivity index (χ4n) is 2.43. The third-order valence-corrected chi connectivity index (χ3v) is 4.88. The zero-order valence-corrected chi connectivity index (χ0v) is 13.3. The second-order valence-electron chi connectivity index (χ2n) is 5.76. The quantitative estimate of drug-likeness (QED) is 0.896. The summed E-state index contributed by atoms with van der Waals surface area (Å²) in [5.41, 5.74) is 3.56. The lowest BCUT2D eigenvalue weighted by molar-refractivity contribution is 0.548. The van der Waals surface area contributed by atoms with Crippen LogP contribution in [0.2, 0.25) is 0 Å². The molecule has 0 amide bonds. The van der Waals surface area contributed by atoms with E-state index < -0.39 is 0 Å². The molecule has 3 nitrogen and oxygen atoms in total. The van der Waals surface area contributed by atoms with E-state index in [2.05, 4.69) is 33.0 Å². The molecular weight excluding hydrogens is 254 g/mol. The van der Waals surface area contributed by atoms with Gasteiger partial charge in [0.15, 0.2) is 0 Å². The first kappa shape index (κ1) is 14.8. The molecule has 1 aliphatic rings. The third-order valence-electron chi connectivity index (χ3n) is 3.51. The monoisotopic (exact) mass is 279 g/mol. The Balaban J connectivity index is 2.08. The van der Waals surface area contributed by atoms with Gasteiger partial charge in [0.05, 0.1) is 5.25 Å². The lowest BCUT2D eigenvalue weighted by atomic mass is 10.1. The minimum Gasteiger partial charge on any atom is -0.312 e. The van der Waals surface area contributed by atoms with Crippen LogP contribution in [0, 0.1) is 19.8 Å². The molecule has 0 aliphatic carbocycles. The number of rotatable bonds is 5. The summed E-state index contributed by atoms with van der Waals surface area (Å²) in [7, 11) is 0. The van der Waals surface area contributed by atoms with Crippen molar-refractivity contribution in [2.45, 2.75) is 52.3 Å². The molecule has 1 fully saturated rings. The van der Waals surface area contributed by atoms with Crippen molar-refractivity contribution in [2.75, 3.05) is 12.3 Å². The number of hydrogen-bond donors (Lipinski definition) is 1. The normalized spacial score (nSPS) is 19.3. The van der Waals surface area contributed by atoms with Gasteiger partial charge >= 0.3 is 0 Å². The minimum absolute atomic E-state index is 0.523. The molecule has 0 spiro atoms. The average Bonchev–Trinajstić information content (AvgIpc) is 2.85. The lowest BCUT2D eigenvalue weighted by Crippen LogP contribution is -2.21. The maximum absolute atomic E-state index is 4.74. The van der Waals surface area contributed by atoms with E-state index in [1.807, 2.05) is 11.8 Å². The highest BCUT2D eigenvalue weighted by Gasteiger charge is 2.21. The Bertz CT molecular complexity index is 402. The van der Waals surface area contributed by atoms with Crippen molar-refractivity contribution in [3.8, 4) is 0 Å². The summed E-state index contributed by atoms with van der Waals surface area (Å²) < 4.78 is 0. The van der Waals surface area contributed by atoms with E-state index in [0.29, 0.717) is 11.2 Å². The van der Waals surface area contributed by atoms with E-state index in [1.165, 1.54) is 24.2 Å². The van der Waals surface area contributed by atoms with E-state index in [1.54, 1.807) is 0 Å². The van der Waals surface area contributed by atoms with E-state index in [-0.39, 0.29) is 0 Å². The maximum atomic E-state index is 4.74. The summed E-state index contributed by atoms with van der Waals surface area (Å²) in [6.45, 7) is 10.6. The van der Waals surface area contributed by atoms with Gasteiger partial charge in [0, 0.05) is 23.5 Å². The maximum Gasteiger partial charge on any atom is 0.141 e. The SMILES string of the molecule is Cc1nc(C2CCCS2)nc(C)c1CNCC(C)C. The van der Waals surface area contributed by atoms with Gasteiger partial charge in [0.2, 0.25) is 0 Å². The van der Waals surface area contributed by atoms with Crippen molar-refractivity contribution in [3.63, 3.8) is 0 Å². The fourth-order valence-corrected chi connectivity index (χ4v) is 3.64. The van der Waals surface area contributed by atoms with Crippen LogP contribution in [0.3, 0.4) is 0 Å². The highest BCUT2D eigenvalue weighted by Crippen LogP contribution is 2.38. The molecule has 19 heavy (non-hydrogen) atoms. The van der Waals surface area contributed by atoms with E-state index in [0.717, 1.165) is 30.3 Å². The molecule has 2 heterocycles. The van der Waals surface area contributed by atoms with Crippen LogP contribution in [-0.4, -0.2) is 22.3 Å². The van der Waals surface area contributed by atoms with Crippen molar-refractivity contribution in [2.24, 2.45) is 5.92 Å². The van der Waals surface area contributed by atoms with Gasteiger partial charge in [-0.1, -0.05) is 13.8 Å². The number of aryl methyl sites for hydroxylation is 2. The first-order valence-electron chi connectivity index (χ1n) is 7.24. The Morgan fingerprint density at radius 1 is 1.26 bits per heavy atom. The average molecular weight is 279 g/mol. The Labute approximate surface area is 121 Å². The molecule has 0 aromatic carbocycles. The summed E-state index contributed by atoms with van der Waals surface area (Å²) in [5, 5.41) is 4.01. The lowest BCUT2D eigenvalue weighted by Gasteiger charge is -2.15. The molecule has 1 aliphatic heterocycles. The molecule has 2 rings (SSSR count). The van der Waals surface area contributed by atoms with Crippen LogP contribution in [0.4, 0.5) is 0 Å². The first-order valence-corrected chi connectivity index (χ1v) is 8.29. The minimum atomic E-state index is 0.523. The Kier molecular flexibility index (Phi) is 5.22. The number of thioether (sulfide) groups is 1. The van der Waals surface area contributed by atoms with E-state index in [9.17, 15) is 0 Å². The summed E-state index contributed by atoms with van der Waals surface area (Å²) in [4.78, 5) is 9.48. The molecule has 1 aromatic heterocycles. The molecular formula is C15H25N3S. The Morgan fingerprint density at radius 2 is 1.95 bits per heavy atom. The van der Waals surface area contributed by atoms with Gasteiger partial charge in [-0.15, -0.1) is 0 Å². The first-order chi connectivity index (χ1) is 9.08. The molecule has 0 saturated carbocycles. The Morgan fingerprint density at radius 3 is 2.47 bits per heavy atom. The zero-order chi connectivity index (χ0) is 13.8. The van der Waals surface area contributed by atoms with Crippen molar-refractivity contribution in [1.29, 1.82) is 0 Å². The zero-order valence-electron chi connectivity index (χ0n) is 12.5. The van der Waals surface area contributed by atoms with Gasteiger partial charge in [-0.25, -0.2) is 9.97 Å². The second-order valence-corrected chi connectivity index (χ2v) is 7.07. The molecule has 106 valence electrons.